The first kappa shape index (κ1) is 22.2. The zero-order valence-corrected chi connectivity index (χ0v) is 19.0. The van der Waals surface area contributed by atoms with E-state index in [1.54, 1.807) is 7.11 Å². The molecule has 8 heteroatoms. The van der Waals surface area contributed by atoms with E-state index >= 15 is 0 Å². The molecule has 1 aromatic rings. The van der Waals surface area contributed by atoms with Crippen molar-refractivity contribution in [1.82, 2.24) is 20.0 Å². The van der Waals surface area contributed by atoms with E-state index in [1.807, 2.05) is 41.3 Å². The lowest BCUT2D eigenvalue weighted by Gasteiger charge is -2.40. The van der Waals surface area contributed by atoms with Crippen molar-refractivity contribution in [2.75, 3.05) is 71.4 Å². The molecule has 1 atom stereocenters. The number of rotatable bonds is 4. The highest BCUT2D eigenvalue weighted by Crippen LogP contribution is 2.25. The Morgan fingerprint density at radius 2 is 1.78 bits per heavy atom. The molecule has 1 unspecified atom stereocenters. The number of nitriles is 1. The second kappa shape index (κ2) is 10.1. The van der Waals surface area contributed by atoms with E-state index in [0.29, 0.717) is 31.7 Å². The van der Waals surface area contributed by atoms with Gasteiger partial charge in [0.2, 0.25) is 0 Å². The lowest BCUT2D eigenvalue weighted by molar-refractivity contribution is 0.0927. The zero-order valence-electron chi connectivity index (χ0n) is 19.0. The van der Waals surface area contributed by atoms with E-state index in [9.17, 15) is 10.1 Å². The van der Waals surface area contributed by atoms with Gasteiger partial charge in [-0.3, -0.25) is 4.90 Å². The average Bonchev–Trinajstić information content (AvgIpc) is 2.84. The van der Waals surface area contributed by atoms with Crippen molar-refractivity contribution in [3.05, 3.63) is 53.4 Å². The number of anilines is 1. The fourth-order valence-electron chi connectivity index (χ4n) is 4.62. The summed E-state index contributed by atoms with van der Waals surface area (Å²) in [5.41, 5.74) is 2.54. The smallest absolute Gasteiger partial charge is 0.321 e. The summed E-state index contributed by atoms with van der Waals surface area (Å²) in [5, 5.41) is 12.5. The predicted molar refractivity (Wildman–Crippen MR) is 124 cm³/mol. The Morgan fingerprint density at radius 3 is 2.47 bits per heavy atom. The first-order chi connectivity index (χ1) is 15.6. The number of ether oxygens (including phenoxy) is 1. The molecule has 2 aliphatic heterocycles. The summed E-state index contributed by atoms with van der Waals surface area (Å²) >= 11 is 0. The molecule has 0 saturated carbocycles. The maximum Gasteiger partial charge on any atom is 0.321 e. The average molecular weight is 437 g/mol. The third-order valence-corrected chi connectivity index (χ3v) is 6.60. The molecule has 2 heterocycles. The van der Waals surface area contributed by atoms with Gasteiger partial charge in [-0.15, -0.1) is 0 Å². The molecular weight excluding hydrogens is 404 g/mol. The number of urea groups is 1. The van der Waals surface area contributed by atoms with Gasteiger partial charge in [-0.2, -0.15) is 5.26 Å². The summed E-state index contributed by atoms with van der Waals surface area (Å²) in [5.74, 6) is 0.956. The van der Waals surface area contributed by atoms with Crippen molar-refractivity contribution in [2.45, 2.75) is 12.5 Å². The van der Waals surface area contributed by atoms with Gasteiger partial charge >= 0.3 is 6.03 Å². The number of hydrogen-bond donors (Lipinski definition) is 1. The minimum atomic E-state index is -0.0594. The van der Waals surface area contributed by atoms with Crippen molar-refractivity contribution < 1.29 is 9.53 Å². The third kappa shape index (κ3) is 4.90. The van der Waals surface area contributed by atoms with Gasteiger partial charge in [0, 0.05) is 64.5 Å². The molecule has 170 valence electrons. The van der Waals surface area contributed by atoms with Crippen LogP contribution in [0, 0.1) is 11.3 Å². The minimum absolute atomic E-state index is 0.0594. The number of amides is 2. The molecule has 2 amide bonds. The molecule has 1 aromatic carbocycles. The number of benzene rings is 1. The third-order valence-electron chi connectivity index (χ3n) is 6.60. The molecular formula is C24H32N6O2. The monoisotopic (exact) mass is 436 g/mol. The van der Waals surface area contributed by atoms with Crippen LogP contribution in [0.4, 0.5) is 10.5 Å². The van der Waals surface area contributed by atoms with Gasteiger partial charge in [-0.25, -0.2) is 4.79 Å². The SMILES string of the molecule is COC1=CC=C(NC(=O)N2CCN(c3ccccc3C#N)CC2)CC1N1CCN(C)CC1. The fraction of sp³-hybridized carbons (Fsp3) is 0.500. The molecule has 4 rings (SSSR count). The van der Waals surface area contributed by atoms with Gasteiger partial charge in [-0.1, -0.05) is 12.1 Å². The minimum Gasteiger partial charge on any atom is -0.499 e. The summed E-state index contributed by atoms with van der Waals surface area (Å²) < 4.78 is 5.64. The van der Waals surface area contributed by atoms with Gasteiger partial charge in [0.25, 0.3) is 0 Å². The normalized spacial score (nSPS) is 22.6. The molecule has 1 N–H and O–H groups in total. The fourth-order valence-corrected chi connectivity index (χ4v) is 4.62. The maximum absolute atomic E-state index is 12.9. The van der Waals surface area contributed by atoms with Gasteiger partial charge in [0.05, 0.1) is 24.4 Å². The first-order valence-electron chi connectivity index (χ1n) is 11.3. The van der Waals surface area contributed by atoms with Crippen molar-refractivity contribution in [3.8, 4) is 6.07 Å². The van der Waals surface area contributed by atoms with Crippen LogP contribution in [0.15, 0.2) is 47.9 Å². The maximum atomic E-state index is 12.9. The second-order valence-corrected chi connectivity index (χ2v) is 8.56. The van der Waals surface area contributed by atoms with Crippen molar-refractivity contribution >= 4 is 11.7 Å². The number of methoxy groups -OCH3 is 1. The topological polar surface area (TPSA) is 75.1 Å². The van der Waals surface area contributed by atoms with Crippen LogP contribution in [0.1, 0.15) is 12.0 Å². The van der Waals surface area contributed by atoms with Crippen LogP contribution < -0.4 is 10.2 Å². The van der Waals surface area contributed by atoms with Crippen molar-refractivity contribution in [2.24, 2.45) is 0 Å². The van der Waals surface area contributed by atoms with Crippen molar-refractivity contribution in [3.63, 3.8) is 0 Å². The van der Waals surface area contributed by atoms with E-state index in [1.165, 1.54) is 0 Å². The molecule has 2 saturated heterocycles. The molecule has 1 aliphatic carbocycles. The number of para-hydroxylation sites is 1. The number of carbonyl (C=O) groups is 1. The summed E-state index contributed by atoms with van der Waals surface area (Å²) in [6.45, 7) is 6.74. The highest BCUT2D eigenvalue weighted by atomic mass is 16.5. The molecule has 0 radical (unpaired) electrons. The van der Waals surface area contributed by atoms with Crippen molar-refractivity contribution in [1.29, 1.82) is 5.26 Å². The number of piperazine rings is 2. The number of allylic oxidation sites excluding steroid dienone is 2. The molecule has 0 bridgehead atoms. The lowest BCUT2D eigenvalue weighted by Crippen LogP contribution is -2.53. The zero-order chi connectivity index (χ0) is 22.5. The Kier molecular flexibility index (Phi) is 6.98. The first-order valence-corrected chi connectivity index (χ1v) is 11.3. The van der Waals surface area contributed by atoms with Gasteiger partial charge < -0.3 is 24.8 Å². The molecule has 0 spiro atoms. The number of likely N-dealkylation sites (N-methyl/N-ethyl adjacent to an activating group) is 1. The standard InChI is InChI=1S/C24H32N6O2/c1-27-9-11-29(12-10-27)22-17-20(7-8-23(22)32-2)26-24(31)30-15-13-28(14-16-30)21-6-4-3-5-19(21)18-25/h3-8,22H,9-17H2,1-2H3,(H,26,31). The van der Waals surface area contributed by atoms with Gasteiger partial charge in [-0.05, 0) is 31.3 Å². The van der Waals surface area contributed by atoms with E-state index in [0.717, 1.165) is 49.7 Å². The van der Waals surface area contributed by atoms with Crippen LogP contribution in [0.5, 0.6) is 0 Å². The summed E-state index contributed by atoms with van der Waals surface area (Å²) in [6.07, 6.45) is 4.69. The van der Waals surface area contributed by atoms with Crippen LogP contribution >= 0.6 is 0 Å². The lowest BCUT2D eigenvalue weighted by atomic mass is 10.0. The van der Waals surface area contributed by atoms with Gasteiger partial charge in [0.1, 0.15) is 11.8 Å². The Balaban J connectivity index is 1.33. The Hall–Kier alpha value is -3.02. The number of carbonyl (C=O) groups excluding carboxylic acids is 1. The quantitative estimate of drug-likeness (QED) is 0.776. The van der Waals surface area contributed by atoms with E-state index in [4.69, 9.17) is 4.74 Å². The van der Waals surface area contributed by atoms with Crippen LogP contribution in [-0.2, 0) is 4.74 Å². The summed E-state index contributed by atoms with van der Waals surface area (Å²) in [4.78, 5) is 21.8. The van der Waals surface area contributed by atoms with E-state index in [-0.39, 0.29) is 12.1 Å². The van der Waals surface area contributed by atoms with Crippen LogP contribution in [0.3, 0.4) is 0 Å². The molecule has 32 heavy (non-hydrogen) atoms. The number of hydrogen-bond acceptors (Lipinski definition) is 6. The molecule has 0 aromatic heterocycles. The van der Waals surface area contributed by atoms with Crippen LogP contribution in [0.25, 0.3) is 0 Å². The largest absolute Gasteiger partial charge is 0.499 e. The summed E-state index contributed by atoms with van der Waals surface area (Å²) in [7, 11) is 3.87. The number of nitrogens with zero attached hydrogens (tertiary/aromatic N) is 5. The van der Waals surface area contributed by atoms with Crippen LogP contribution in [-0.4, -0.2) is 93.3 Å². The van der Waals surface area contributed by atoms with Crippen LogP contribution in [0.2, 0.25) is 0 Å². The van der Waals surface area contributed by atoms with E-state index < -0.39 is 0 Å². The Labute approximate surface area is 190 Å². The second-order valence-electron chi connectivity index (χ2n) is 8.56. The predicted octanol–water partition coefficient (Wildman–Crippen LogP) is 1.82. The molecule has 2 fully saturated rings. The summed E-state index contributed by atoms with van der Waals surface area (Å²) in [6, 6.07) is 9.99. The Morgan fingerprint density at radius 1 is 1.06 bits per heavy atom. The number of nitrogens with one attached hydrogen (secondary N) is 1. The highest BCUT2D eigenvalue weighted by molar-refractivity contribution is 5.76. The Bertz CT molecular complexity index is 921. The molecule has 3 aliphatic rings. The highest BCUT2D eigenvalue weighted by Gasteiger charge is 2.30. The molecule has 8 nitrogen and oxygen atoms in total. The van der Waals surface area contributed by atoms with Gasteiger partial charge in [0.15, 0.2) is 0 Å². The van der Waals surface area contributed by atoms with E-state index in [2.05, 4.69) is 33.1 Å².